The summed E-state index contributed by atoms with van der Waals surface area (Å²) in [5.41, 5.74) is 0.593. The molecule has 3 atom stereocenters. The predicted molar refractivity (Wildman–Crippen MR) is 82.3 cm³/mol. The van der Waals surface area contributed by atoms with E-state index in [0.717, 1.165) is 4.47 Å². The number of amides is 1. The molecule has 1 aromatic rings. The number of halogens is 1. The minimum atomic E-state index is -0.897. The van der Waals surface area contributed by atoms with Gasteiger partial charge in [-0.1, -0.05) is 22.9 Å². The van der Waals surface area contributed by atoms with Gasteiger partial charge in [-0.25, -0.2) is 0 Å². The molecule has 1 saturated carbocycles. The lowest BCUT2D eigenvalue weighted by atomic mass is 9.95. The Kier molecular flexibility index (Phi) is 4.88. The third-order valence-corrected chi connectivity index (χ3v) is 4.28. The topological polar surface area (TPSA) is 75.6 Å². The Bertz CT molecular complexity index is 561. The van der Waals surface area contributed by atoms with Crippen molar-refractivity contribution in [1.82, 2.24) is 0 Å². The normalized spacial score (nSPS) is 24.6. The molecular formula is C15H18BrNO4. The molecule has 0 spiro atoms. The maximum absolute atomic E-state index is 12.4. The number of ether oxygens (including phenoxy) is 1. The fourth-order valence-corrected chi connectivity index (χ4v) is 3.31. The van der Waals surface area contributed by atoms with Crippen LogP contribution >= 0.6 is 15.9 Å². The highest BCUT2D eigenvalue weighted by atomic mass is 79.9. The second-order valence-electron chi connectivity index (χ2n) is 5.50. The summed E-state index contributed by atoms with van der Waals surface area (Å²) in [5.74, 6) is -1.36. The van der Waals surface area contributed by atoms with E-state index < -0.39 is 17.8 Å². The minimum absolute atomic E-state index is 0.244. The van der Waals surface area contributed by atoms with Gasteiger partial charge >= 0.3 is 5.97 Å². The van der Waals surface area contributed by atoms with Crippen molar-refractivity contribution >= 4 is 33.5 Å². The van der Waals surface area contributed by atoms with Crippen LogP contribution in [0.2, 0.25) is 0 Å². The van der Waals surface area contributed by atoms with Gasteiger partial charge in [-0.15, -0.1) is 0 Å². The summed E-state index contributed by atoms with van der Waals surface area (Å²) in [6, 6.07) is 5.25. The maximum Gasteiger partial charge on any atom is 0.307 e. The van der Waals surface area contributed by atoms with Crippen molar-refractivity contribution in [3.63, 3.8) is 0 Å². The Balaban J connectivity index is 2.14. The number of carbonyl (C=O) groups excluding carboxylic acids is 1. The Hall–Kier alpha value is -1.56. The van der Waals surface area contributed by atoms with Gasteiger partial charge in [0.05, 0.1) is 18.9 Å². The molecule has 5 nitrogen and oxygen atoms in total. The number of rotatable bonds is 4. The number of hydrogen-bond donors (Lipinski definition) is 2. The average Bonchev–Trinajstić information content (AvgIpc) is 2.80. The Morgan fingerprint density at radius 3 is 2.57 bits per heavy atom. The fraction of sp³-hybridized carbons (Fsp3) is 0.467. The van der Waals surface area contributed by atoms with Crippen LogP contribution in [0.1, 0.15) is 19.8 Å². The van der Waals surface area contributed by atoms with Gasteiger partial charge in [0, 0.05) is 16.2 Å². The monoisotopic (exact) mass is 355 g/mol. The zero-order valence-corrected chi connectivity index (χ0v) is 13.5. The van der Waals surface area contributed by atoms with Gasteiger partial charge in [-0.3, -0.25) is 9.59 Å². The SMILES string of the molecule is COc1cc(Br)cc(NC(=O)[C@H]2CC(C)C[C@H]2C(=O)O)c1. The molecule has 1 aliphatic carbocycles. The van der Waals surface area contributed by atoms with E-state index in [-0.39, 0.29) is 11.8 Å². The number of methoxy groups -OCH3 is 1. The fourth-order valence-electron chi connectivity index (χ4n) is 2.84. The lowest BCUT2D eigenvalue weighted by molar-refractivity contribution is -0.145. The van der Waals surface area contributed by atoms with Crippen LogP contribution in [0.5, 0.6) is 5.75 Å². The van der Waals surface area contributed by atoms with E-state index in [1.807, 2.05) is 6.92 Å². The summed E-state index contributed by atoms with van der Waals surface area (Å²) in [6.45, 7) is 1.98. The molecule has 1 unspecified atom stereocenters. The first-order valence-corrected chi connectivity index (χ1v) is 7.58. The first-order valence-electron chi connectivity index (χ1n) is 6.79. The van der Waals surface area contributed by atoms with Gasteiger partial charge in [0.1, 0.15) is 5.75 Å². The maximum atomic E-state index is 12.4. The van der Waals surface area contributed by atoms with Crippen LogP contribution in [-0.2, 0) is 9.59 Å². The molecule has 0 heterocycles. The molecule has 2 rings (SSSR count). The summed E-state index contributed by atoms with van der Waals surface area (Å²) >= 11 is 3.35. The third-order valence-electron chi connectivity index (χ3n) is 3.83. The van der Waals surface area contributed by atoms with E-state index in [1.54, 1.807) is 25.3 Å². The van der Waals surface area contributed by atoms with Crippen LogP contribution < -0.4 is 10.1 Å². The molecular weight excluding hydrogens is 338 g/mol. The van der Waals surface area contributed by atoms with Crippen molar-refractivity contribution < 1.29 is 19.4 Å². The van der Waals surface area contributed by atoms with Crippen LogP contribution in [0, 0.1) is 17.8 Å². The van der Waals surface area contributed by atoms with E-state index in [1.165, 1.54) is 0 Å². The number of carboxylic acid groups (broad SMARTS) is 1. The van der Waals surface area contributed by atoms with Crippen molar-refractivity contribution in [1.29, 1.82) is 0 Å². The number of carboxylic acids is 1. The average molecular weight is 356 g/mol. The van der Waals surface area contributed by atoms with Crippen LogP contribution in [0.3, 0.4) is 0 Å². The summed E-state index contributed by atoms with van der Waals surface area (Å²) < 4.78 is 5.93. The predicted octanol–water partition coefficient (Wildman–Crippen LogP) is 3.14. The van der Waals surface area contributed by atoms with Crippen LogP contribution in [0.15, 0.2) is 22.7 Å². The van der Waals surface area contributed by atoms with E-state index in [2.05, 4.69) is 21.2 Å². The molecule has 1 fully saturated rings. The second-order valence-corrected chi connectivity index (χ2v) is 6.41. The molecule has 1 amide bonds. The smallest absolute Gasteiger partial charge is 0.307 e. The molecule has 0 saturated heterocycles. The van der Waals surface area contributed by atoms with Crippen molar-refractivity contribution in [3.8, 4) is 5.75 Å². The molecule has 1 aromatic carbocycles. The lowest BCUT2D eigenvalue weighted by Gasteiger charge is -2.16. The zero-order valence-electron chi connectivity index (χ0n) is 11.9. The zero-order chi connectivity index (χ0) is 15.6. The van der Waals surface area contributed by atoms with E-state index in [4.69, 9.17) is 4.74 Å². The van der Waals surface area contributed by atoms with E-state index in [0.29, 0.717) is 24.3 Å². The third kappa shape index (κ3) is 3.75. The number of benzene rings is 1. The number of nitrogens with one attached hydrogen (secondary N) is 1. The summed E-state index contributed by atoms with van der Waals surface area (Å²) in [5, 5.41) is 12.0. The van der Waals surface area contributed by atoms with Crippen molar-refractivity contribution in [2.75, 3.05) is 12.4 Å². The van der Waals surface area contributed by atoms with Gasteiger partial charge in [-0.2, -0.15) is 0 Å². The van der Waals surface area contributed by atoms with Crippen molar-refractivity contribution in [3.05, 3.63) is 22.7 Å². The first kappa shape index (κ1) is 15.8. The number of anilines is 1. The summed E-state index contributed by atoms with van der Waals surface area (Å²) in [6.07, 6.45) is 1.16. The first-order chi connectivity index (χ1) is 9.90. The van der Waals surface area contributed by atoms with Crippen LogP contribution in [0.25, 0.3) is 0 Å². The van der Waals surface area contributed by atoms with E-state index >= 15 is 0 Å². The Morgan fingerprint density at radius 2 is 1.95 bits per heavy atom. The highest BCUT2D eigenvalue weighted by Crippen LogP contribution is 2.37. The Labute approximate surface area is 131 Å². The van der Waals surface area contributed by atoms with Crippen LogP contribution in [-0.4, -0.2) is 24.1 Å². The van der Waals surface area contributed by atoms with Crippen LogP contribution in [0.4, 0.5) is 5.69 Å². The van der Waals surface area contributed by atoms with Gasteiger partial charge in [-0.05, 0) is 30.9 Å². The molecule has 1 aliphatic rings. The molecule has 0 radical (unpaired) electrons. The molecule has 114 valence electrons. The Morgan fingerprint density at radius 1 is 1.29 bits per heavy atom. The van der Waals surface area contributed by atoms with Crippen molar-refractivity contribution in [2.24, 2.45) is 17.8 Å². The lowest BCUT2D eigenvalue weighted by Crippen LogP contribution is -2.30. The number of carbonyl (C=O) groups is 2. The number of aliphatic carboxylic acids is 1. The molecule has 0 aliphatic heterocycles. The standard InChI is InChI=1S/C15H18BrNO4/c1-8-3-12(13(4-8)15(19)20)14(18)17-10-5-9(16)6-11(7-10)21-2/h5-8,12-13H,3-4H2,1-2H3,(H,17,18)(H,19,20)/t8?,12-,13+/m0/s1. The highest BCUT2D eigenvalue weighted by molar-refractivity contribution is 9.10. The summed E-state index contributed by atoms with van der Waals surface area (Å²) in [7, 11) is 1.55. The van der Waals surface area contributed by atoms with Gasteiger partial charge in [0.15, 0.2) is 0 Å². The molecule has 6 heteroatoms. The largest absolute Gasteiger partial charge is 0.497 e. The second kappa shape index (κ2) is 6.47. The molecule has 2 N–H and O–H groups in total. The van der Waals surface area contributed by atoms with Gasteiger partial charge < -0.3 is 15.2 Å². The number of hydrogen-bond acceptors (Lipinski definition) is 3. The highest BCUT2D eigenvalue weighted by Gasteiger charge is 2.41. The molecule has 0 aromatic heterocycles. The van der Waals surface area contributed by atoms with Gasteiger partial charge in [0.25, 0.3) is 0 Å². The van der Waals surface area contributed by atoms with Crippen molar-refractivity contribution in [2.45, 2.75) is 19.8 Å². The van der Waals surface area contributed by atoms with Gasteiger partial charge in [0.2, 0.25) is 5.91 Å². The molecule has 0 bridgehead atoms. The minimum Gasteiger partial charge on any atom is -0.497 e. The quantitative estimate of drug-likeness (QED) is 0.869. The van der Waals surface area contributed by atoms with E-state index in [9.17, 15) is 14.7 Å². The molecule has 21 heavy (non-hydrogen) atoms. The summed E-state index contributed by atoms with van der Waals surface area (Å²) in [4.78, 5) is 23.6.